The van der Waals surface area contributed by atoms with Crippen molar-refractivity contribution in [3.8, 4) is 0 Å². The van der Waals surface area contributed by atoms with Gasteiger partial charge in [-0.3, -0.25) is 14.4 Å². The van der Waals surface area contributed by atoms with Gasteiger partial charge in [-0.2, -0.15) is 0 Å². The molecule has 1 spiro atoms. The molecule has 1 unspecified atom stereocenters. The van der Waals surface area contributed by atoms with Crippen molar-refractivity contribution in [2.45, 2.75) is 51.0 Å². The molecule has 2 aromatic carbocycles. The Hall–Kier alpha value is -3.75. The minimum atomic E-state index is -1.34. The number of benzene rings is 2. The van der Waals surface area contributed by atoms with Crippen LogP contribution in [0.5, 0.6) is 0 Å². The second-order valence-corrected chi connectivity index (χ2v) is 11.1. The average molecular weight is 542 g/mol. The third kappa shape index (κ3) is 3.77. The van der Waals surface area contributed by atoms with Crippen LogP contribution in [0.2, 0.25) is 0 Å². The molecule has 0 aliphatic carbocycles. The molecule has 8 nitrogen and oxygen atoms in total. The molecule has 6 atom stereocenters. The normalized spacial score (nSPS) is 30.2. The lowest BCUT2D eigenvalue weighted by Gasteiger charge is -2.38. The van der Waals surface area contributed by atoms with Crippen LogP contribution in [-0.4, -0.2) is 71.2 Å². The molecule has 4 heterocycles. The molecule has 8 heteroatoms. The number of rotatable bonds is 5. The zero-order valence-electron chi connectivity index (χ0n) is 23.1. The van der Waals surface area contributed by atoms with E-state index >= 15 is 0 Å². The van der Waals surface area contributed by atoms with Crippen molar-refractivity contribution in [2.75, 3.05) is 29.5 Å². The van der Waals surface area contributed by atoms with E-state index in [4.69, 9.17) is 4.74 Å². The molecule has 40 heavy (non-hydrogen) atoms. The predicted octanol–water partition coefficient (Wildman–Crippen LogP) is 3.16. The Morgan fingerprint density at radius 3 is 2.30 bits per heavy atom. The monoisotopic (exact) mass is 541 g/mol. The van der Waals surface area contributed by atoms with Crippen LogP contribution in [0.1, 0.15) is 24.5 Å². The van der Waals surface area contributed by atoms with Crippen LogP contribution >= 0.6 is 0 Å². The van der Waals surface area contributed by atoms with Gasteiger partial charge in [0.05, 0.1) is 30.6 Å². The van der Waals surface area contributed by atoms with Crippen LogP contribution in [0, 0.1) is 25.7 Å². The highest BCUT2D eigenvalue weighted by molar-refractivity contribution is 6.08. The third-order valence-corrected chi connectivity index (χ3v) is 8.95. The number of anilines is 2. The summed E-state index contributed by atoms with van der Waals surface area (Å²) < 4.78 is 6.74. The second kappa shape index (κ2) is 10.0. The van der Waals surface area contributed by atoms with Crippen LogP contribution in [0.15, 0.2) is 72.8 Å². The minimum absolute atomic E-state index is 0.203. The Bertz CT molecular complexity index is 1380. The Morgan fingerprint density at radius 1 is 0.925 bits per heavy atom. The van der Waals surface area contributed by atoms with Gasteiger partial charge in [-0.25, -0.2) is 0 Å². The van der Waals surface area contributed by atoms with Gasteiger partial charge in [-0.1, -0.05) is 67.6 Å². The number of carbonyl (C=O) groups is 3. The summed E-state index contributed by atoms with van der Waals surface area (Å²) in [5, 5.41) is 10.3. The number of ether oxygens (including phenoxy) is 1. The summed E-state index contributed by atoms with van der Waals surface area (Å²) in [6.45, 7) is 6.20. The van der Waals surface area contributed by atoms with Crippen molar-refractivity contribution in [1.29, 1.82) is 0 Å². The first-order valence-electron chi connectivity index (χ1n) is 14.0. The number of aliphatic hydroxyl groups excluding tert-OH is 1. The molecular weight excluding hydrogens is 506 g/mol. The van der Waals surface area contributed by atoms with Crippen molar-refractivity contribution in [1.82, 2.24) is 4.90 Å². The topological polar surface area (TPSA) is 90.4 Å². The maximum Gasteiger partial charge on any atom is 0.253 e. The number of likely N-dealkylation sites (tertiary alicyclic amines) is 1. The first-order chi connectivity index (χ1) is 19.3. The number of aryl methyl sites for hydroxylation is 2. The first kappa shape index (κ1) is 26.5. The highest BCUT2D eigenvalue weighted by Crippen LogP contribution is 2.54. The fraction of sp³-hybridized carbons (Fsp3) is 0.406. The summed E-state index contributed by atoms with van der Waals surface area (Å²) in [7, 11) is 0. The van der Waals surface area contributed by atoms with Crippen LogP contribution < -0.4 is 9.80 Å². The molecule has 6 rings (SSSR count). The molecule has 4 aliphatic heterocycles. The van der Waals surface area contributed by atoms with Gasteiger partial charge in [0.1, 0.15) is 11.6 Å². The number of fused-ring (bicyclic) bond motifs is 2. The molecule has 3 amide bonds. The molecule has 2 fully saturated rings. The maximum atomic E-state index is 14.6. The molecule has 208 valence electrons. The van der Waals surface area contributed by atoms with Gasteiger partial charge in [-0.15, -0.1) is 0 Å². The van der Waals surface area contributed by atoms with E-state index < -0.39 is 35.6 Å². The van der Waals surface area contributed by atoms with Gasteiger partial charge in [0.25, 0.3) is 5.91 Å². The van der Waals surface area contributed by atoms with E-state index in [0.29, 0.717) is 19.5 Å². The number of hydrogen-bond donors (Lipinski definition) is 1. The minimum Gasteiger partial charge on any atom is -0.394 e. The second-order valence-electron chi connectivity index (χ2n) is 11.1. The van der Waals surface area contributed by atoms with Gasteiger partial charge in [0, 0.05) is 24.5 Å². The fourth-order valence-corrected chi connectivity index (χ4v) is 7.16. The lowest BCUT2D eigenvalue weighted by Crippen LogP contribution is -2.58. The van der Waals surface area contributed by atoms with Gasteiger partial charge in [0.2, 0.25) is 11.8 Å². The van der Waals surface area contributed by atoms with Gasteiger partial charge < -0.3 is 24.5 Å². The zero-order chi connectivity index (χ0) is 28.2. The molecule has 1 N–H and O–H groups in total. The summed E-state index contributed by atoms with van der Waals surface area (Å²) in [5.41, 5.74) is 2.12. The molecule has 0 saturated carbocycles. The zero-order valence-corrected chi connectivity index (χ0v) is 23.1. The Balaban J connectivity index is 1.49. The Kier molecular flexibility index (Phi) is 6.63. The van der Waals surface area contributed by atoms with Crippen LogP contribution in [0.4, 0.5) is 11.4 Å². The van der Waals surface area contributed by atoms with E-state index in [-0.39, 0.29) is 24.3 Å². The fourth-order valence-electron chi connectivity index (χ4n) is 7.16. The summed E-state index contributed by atoms with van der Waals surface area (Å²) in [5.74, 6) is -2.50. The van der Waals surface area contributed by atoms with Crippen molar-refractivity contribution >= 4 is 29.1 Å². The largest absolute Gasteiger partial charge is 0.394 e. The highest BCUT2D eigenvalue weighted by Gasteiger charge is 2.72. The van der Waals surface area contributed by atoms with Crippen molar-refractivity contribution in [2.24, 2.45) is 11.8 Å². The van der Waals surface area contributed by atoms with E-state index in [1.807, 2.05) is 93.6 Å². The highest BCUT2D eigenvalue weighted by atomic mass is 16.5. The van der Waals surface area contributed by atoms with Crippen molar-refractivity contribution < 1.29 is 24.2 Å². The Labute approximate surface area is 234 Å². The van der Waals surface area contributed by atoms with Crippen molar-refractivity contribution in [3.05, 3.63) is 84.0 Å². The molecular formula is C32H35N3O5. The lowest BCUT2D eigenvalue weighted by atomic mass is 9.77. The van der Waals surface area contributed by atoms with Gasteiger partial charge in [0.15, 0.2) is 0 Å². The lowest BCUT2D eigenvalue weighted by molar-refractivity contribution is -0.144. The summed E-state index contributed by atoms with van der Waals surface area (Å²) in [6.07, 6.45) is 7.31. The number of aliphatic hydroxyl groups is 1. The van der Waals surface area contributed by atoms with Crippen LogP contribution in [-0.2, 0) is 19.1 Å². The number of nitrogens with zero attached hydrogens (tertiary/aromatic N) is 3. The number of amides is 3. The number of carbonyl (C=O) groups excluding carboxylic acids is 3. The molecule has 0 aromatic heterocycles. The molecule has 4 aliphatic rings. The number of para-hydroxylation sites is 2. The molecule has 0 bridgehead atoms. The average Bonchev–Trinajstić information content (AvgIpc) is 3.27. The smallest absolute Gasteiger partial charge is 0.253 e. The number of hydrogen-bond acceptors (Lipinski definition) is 5. The molecule has 0 radical (unpaired) electrons. The maximum absolute atomic E-state index is 14.6. The SMILES string of the molecule is CC[C@@H](CO)N1C(=O)[C@@H]2[C@H]3C(=O)N(c4ccccc4)CC=C[C@H]3O[C@@]23C=CCN(c2c(C)cccc2C)C(=O)C13. The standard InChI is InChI=1S/C32H35N3O5/c1-4-22(19-36)35-28-31(39)34(27-20(2)11-8-12-21(27)3)18-10-16-32(28)26(30(35)38)25-24(40-32)15-9-17-33(29(25)37)23-13-6-5-7-14-23/h5-16,22,24-26,28,36H,4,17-19H2,1-3H3/t22-,24+,25-,26-,28?,32-/m0/s1. The first-order valence-corrected chi connectivity index (χ1v) is 14.0. The van der Waals surface area contributed by atoms with E-state index in [1.54, 1.807) is 9.80 Å². The van der Waals surface area contributed by atoms with Crippen LogP contribution in [0.3, 0.4) is 0 Å². The molecule has 2 saturated heterocycles. The summed E-state index contributed by atoms with van der Waals surface area (Å²) in [4.78, 5) is 48.2. The van der Waals surface area contributed by atoms with Crippen LogP contribution in [0.25, 0.3) is 0 Å². The van der Waals surface area contributed by atoms with E-state index in [2.05, 4.69) is 0 Å². The van der Waals surface area contributed by atoms with E-state index in [9.17, 15) is 19.5 Å². The Morgan fingerprint density at radius 2 is 1.62 bits per heavy atom. The quantitative estimate of drug-likeness (QED) is 0.588. The van der Waals surface area contributed by atoms with E-state index in [1.165, 1.54) is 4.90 Å². The molecule has 2 aromatic rings. The predicted molar refractivity (Wildman–Crippen MR) is 152 cm³/mol. The van der Waals surface area contributed by atoms with Gasteiger partial charge in [-0.05, 0) is 43.5 Å². The van der Waals surface area contributed by atoms with E-state index in [0.717, 1.165) is 22.5 Å². The third-order valence-electron chi connectivity index (χ3n) is 8.95. The summed E-state index contributed by atoms with van der Waals surface area (Å²) >= 11 is 0. The van der Waals surface area contributed by atoms with Gasteiger partial charge >= 0.3 is 0 Å². The summed E-state index contributed by atoms with van der Waals surface area (Å²) in [6, 6.07) is 13.7. The van der Waals surface area contributed by atoms with Crippen molar-refractivity contribution in [3.63, 3.8) is 0 Å².